The number of carbonyl (C=O) groups is 1. The van der Waals surface area contributed by atoms with Crippen molar-refractivity contribution >= 4 is 16.7 Å². The van der Waals surface area contributed by atoms with Crippen LogP contribution in [0.4, 0.5) is 0 Å². The minimum Gasteiger partial charge on any atom is -0.485 e. The number of aromatic nitrogens is 1. The number of nitrogens with zero attached hydrogens (tertiary/aromatic N) is 1. The first kappa shape index (κ1) is 20.4. The zero-order chi connectivity index (χ0) is 21.3. The van der Waals surface area contributed by atoms with E-state index in [2.05, 4.69) is 62.2 Å². The predicted octanol–water partition coefficient (Wildman–Crippen LogP) is 6.54. The molecule has 1 N–H and O–H groups in total. The summed E-state index contributed by atoms with van der Waals surface area (Å²) in [5.41, 5.74) is 2.55. The number of carboxylic acids is 1. The monoisotopic (exact) mass is 403 g/mol. The van der Waals surface area contributed by atoms with Crippen molar-refractivity contribution in [2.75, 3.05) is 0 Å². The third-order valence-corrected chi connectivity index (χ3v) is 6.10. The number of fused-ring (bicyclic) bond motifs is 1. The van der Waals surface area contributed by atoms with Crippen LogP contribution >= 0.6 is 0 Å². The molecule has 30 heavy (non-hydrogen) atoms. The molecule has 1 saturated carbocycles. The lowest BCUT2D eigenvalue weighted by molar-refractivity contribution is 0.0690. The number of hydrogen-bond donors (Lipinski definition) is 1. The molecule has 4 nitrogen and oxygen atoms in total. The van der Waals surface area contributed by atoms with Crippen molar-refractivity contribution in [3.8, 4) is 5.75 Å². The molecule has 4 heteroatoms. The van der Waals surface area contributed by atoms with Crippen molar-refractivity contribution in [3.05, 3.63) is 71.5 Å². The van der Waals surface area contributed by atoms with Gasteiger partial charge in [-0.15, -0.1) is 0 Å². The van der Waals surface area contributed by atoms with E-state index in [1.54, 1.807) is 12.3 Å². The average Bonchev–Trinajstić information content (AvgIpc) is 3.25. The Hall–Kier alpha value is -2.88. The third-order valence-electron chi connectivity index (χ3n) is 6.10. The molecule has 0 amide bonds. The molecule has 0 radical (unpaired) electrons. The number of rotatable bonds is 5. The van der Waals surface area contributed by atoms with Gasteiger partial charge in [0, 0.05) is 17.5 Å². The molecule has 1 aromatic heterocycles. The normalized spacial score (nSPS) is 16.0. The maximum Gasteiger partial charge on any atom is 0.354 e. The Morgan fingerprint density at radius 2 is 1.73 bits per heavy atom. The van der Waals surface area contributed by atoms with Gasteiger partial charge in [0.05, 0.1) is 0 Å². The molecule has 1 aliphatic rings. The van der Waals surface area contributed by atoms with Crippen LogP contribution in [0.25, 0.3) is 10.8 Å². The van der Waals surface area contributed by atoms with Crippen molar-refractivity contribution in [2.24, 2.45) is 5.92 Å². The Morgan fingerprint density at radius 3 is 2.37 bits per heavy atom. The topological polar surface area (TPSA) is 59.4 Å². The zero-order valence-corrected chi connectivity index (χ0v) is 17.9. The van der Waals surface area contributed by atoms with Gasteiger partial charge < -0.3 is 9.84 Å². The van der Waals surface area contributed by atoms with Gasteiger partial charge >= 0.3 is 5.97 Å². The summed E-state index contributed by atoms with van der Waals surface area (Å²) in [6.45, 7) is 6.62. The van der Waals surface area contributed by atoms with Gasteiger partial charge in [-0.1, -0.05) is 57.9 Å². The molecule has 1 heterocycles. The highest BCUT2D eigenvalue weighted by Gasteiger charge is 2.28. The molecule has 0 spiro atoms. The molecular weight excluding hydrogens is 374 g/mol. The Bertz CT molecular complexity index is 1040. The summed E-state index contributed by atoms with van der Waals surface area (Å²) in [6.07, 6.45) is 6.35. The summed E-state index contributed by atoms with van der Waals surface area (Å²) in [4.78, 5) is 15.3. The largest absolute Gasteiger partial charge is 0.485 e. The summed E-state index contributed by atoms with van der Waals surface area (Å²) in [7, 11) is 0. The average molecular weight is 404 g/mol. The maximum atomic E-state index is 11.3. The Balaban J connectivity index is 1.67. The second-order valence-electron chi connectivity index (χ2n) is 9.34. The zero-order valence-electron chi connectivity index (χ0n) is 17.9. The van der Waals surface area contributed by atoms with Crippen molar-refractivity contribution in [1.82, 2.24) is 4.98 Å². The second kappa shape index (κ2) is 8.10. The van der Waals surface area contributed by atoms with Crippen LogP contribution in [0, 0.1) is 5.92 Å². The van der Waals surface area contributed by atoms with Crippen LogP contribution in [0.2, 0.25) is 0 Å². The van der Waals surface area contributed by atoms with Gasteiger partial charge in [0.2, 0.25) is 0 Å². The fourth-order valence-corrected chi connectivity index (χ4v) is 4.33. The highest BCUT2D eigenvalue weighted by molar-refractivity contribution is 5.92. The van der Waals surface area contributed by atoms with Gasteiger partial charge in [-0.05, 0) is 59.0 Å². The molecule has 1 aliphatic carbocycles. The Labute approximate surface area is 177 Å². The van der Waals surface area contributed by atoms with Gasteiger partial charge in [0.15, 0.2) is 0 Å². The molecule has 156 valence electrons. The molecule has 1 fully saturated rings. The van der Waals surface area contributed by atoms with E-state index < -0.39 is 5.97 Å². The molecule has 0 aliphatic heterocycles. The Kier molecular flexibility index (Phi) is 5.50. The molecule has 2 aromatic carbocycles. The van der Waals surface area contributed by atoms with Crippen molar-refractivity contribution in [3.63, 3.8) is 0 Å². The summed E-state index contributed by atoms with van der Waals surface area (Å²) >= 11 is 0. The van der Waals surface area contributed by atoms with E-state index >= 15 is 0 Å². The SMILES string of the molecule is CC(C)(C)c1ccc(OC(c2ccc3cnc(C(=O)O)cc3c2)C2CCCC2)cc1. The van der Waals surface area contributed by atoms with E-state index in [1.165, 1.54) is 18.4 Å². The molecule has 1 unspecified atom stereocenters. The van der Waals surface area contributed by atoms with E-state index in [0.29, 0.717) is 5.92 Å². The van der Waals surface area contributed by atoms with Crippen molar-refractivity contribution < 1.29 is 14.6 Å². The molecule has 1 atom stereocenters. The van der Waals surface area contributed by atoms with Crippen LogP contribution < -0.4 is 4.74 Å². The highest BCUT2D eigenvalue weighted by Crippen LogP contribution is 2.40. The molecular formula is C26H29NO3. The number of ether oxygens (including phenoxy) is 1. The number of benzene rings is 2. The van der Waals surface area contributed by atoms with Crippen LogP contribution in [0.15, 0.2) is 54.7 Å². The lowest BCUT2D eigenvalue weighted by Crippen LogP contribution is -2.17. The number of aromatic carboxylic acids is 1. The van der Waals surface area contributed by atoms with Gasteiger partial charge in [-0.25, -0.2) is 9.78 Å². The maximum absolute atomic E-state index is 11.3. The summed E-state index contributed by atoms with van der Waals surface area (Å²) in [5.74, 6) is 0.330. The summed E-state index contributed by atoms with van der Waals surface area (Å²) in [5, 5.41) is 11.1. The first-order valence-electron chi connectivity index (χ1n) is 10.7. The lowest BCUT2D eigenvalue weighted by atomic mass is 9.87. The van der Waals surface area contributed by atoms with Crippen LogP contribution in [0.1, 0.15) is 74.2 Å². The van der Waals surface area contributed by atoms with Crippen molar-refractivity contribution in [2.45, 2.75) is 58.0 Å². The number of carboxylic acid groups (broad SMARTS) is 1. The standard InChI is InChI=1S/C26H29NO3/c1-26(2,3)21-10-12-22(13-11-21)30-24(17-6-4-5-7-17)18-8-9-19-16-27-23(25(28)29)15-20(19)14-18/h8-17,24H,4-7H2,1-3H3,(H,28,29). The lowest BCUT2D eigenvalue weighted by Gasteiger charge is -2.26. The number of pyridine rings is 1. The molecule has 0 saturated heterocycles. The molecule has 0 bridgehead atoms. The van der Waals surface area contributed by atoms with E-state index in [4.69, 9.17) is 4.74 Å². The van der Waals surface area contributed by atoms with Gasteiger partial charge in [0.1, 0.15) is 17.5 Å². The smallest absolute Gasteiger partial charge is 0.354 e. The minimum absolute atomic E-state index is 0.0427. The second-order valence-corrected chi connectivity index (χ2v) is 9.34. The van der Waals surface area contributed by atoms with Gasteiger partial charge in [-0.2, -0.15) is 0 Å². The van der Waals surface area contributed by atoms with Crippen LogP contribution in [0.3, 0.4) is 0 Å². The van der Waals surface area contributed by atoms with Crippen LogP contribution in [-0.2, 0) is 5.41 Å². The first-order chi connectivity index (χ1) is 14.3. The quantitative estimate of drug-likeness (QED) is 0.525. The van der Waals surface area contributed by atoms with Crippen LogP contribution in [0.5, 0.6) is 5.75 Å². The van der Waals surface area contributed by atoms with E-state index in [9.17, 15) is 9.90 Å². The fourth-order valence-electron chi connectivity index (χ4n) is 4.33. The first-order valence-corrected chi connectivity index (χ1v) is 10.7. The van der Waals surface area contributed by atoms with Gasteiger partial charge in [0.25, 0.3) is 0 Å². The molecule has 4 rings (SSSR count). The third kappa shape index (κ3) is 4.33. The number of hydrogen-bond acceptors (Lipinski definition) is 3. The van der Waals surface area contributed by atoms with E-state index in [-0.39, 0.29) is 17.2 Å². The predicted molar refractivity (Wildman–Crippen MR) is 119 cm³/mol. The van der Waals surface area contributed by atoms with Crippen LogP contribution in [-0.4, -0.2) is 16.1 Å². The van der Waals surface area contributed by atoms with E-state index in [0.717, 1.165) is 34.9 Å². The Morgan fingerprint density at radius 1 is 1.03 bits per heavy atom. The summed E-state index contributed by atoms with van der Waals surface area (Å²) in [6, 6.07) is 16.2. The highest BCUT2D eigenvalue weighted by atomic mass is 16.5. The fraction of sp³-hybridized carbons (Fsp3) is 0.385. The van der Waals surface area contributed by atoms with Gasteiger partial charge in [-0.3, -0.25) is 0 Å². The van der Waals surface area contributed by atoms with Crippen molar-refractivity contribution in [1.29, 1.82) is 0 Å². The van der Waals surface area contributed by atoms with E-state index in [1.807, 2.05) is 6.07 Å². The molecule has 3 aromatic rings. The minimum atomic E-state index is -1.01. The summed E-state index contributed by atoms with van der Waals surface area (Å²) < 4.78 is 6.55.